The van der Waals surface area contributed by atoms with Gasteiger partial charge in [0.1, 0.15) is 0 Å². The number of hydrogen-bond acceptors (Lipinski definition) is 5. The van der Waals surface area contributed by atoms with Gasteiger partial charge in [0.15, 0.2) is 0 Å². The van der Waals surface area contributed by atoms with Crippen molar-refractivity contribution in [1.82, 2.24) is 23.6 Å². The third kappa shape index (κ3) is 2.58. The number of hydrogen-bond donors (Lipinski definition) is 0. The first-order valence-electron chi connectivity index (χ1n) is 10.1. The molecule has 7 heteroatoms. The van der Waals surface area contributed by atoms with Crippen LogP contribution >= 0.6 is 17.8 Å². The molecule has 4 fully saturated rings. The van der Waals surface area contributed by atoms with Gasteiger partial charge in [-0.3, -0.25) is 0 Å². The van der Waals surface area contributed by atoms with Crippen LogP contribution in [0.3, 0.4) is 0 Å². The van der Waals surface area contributed by atoms with Crippen molar-refractivity contribution in [3.05, 3.63) is 0 Å². The van der Waals surface area contributed by atoms with E-state index >= 15 is 0 Å². The molecule has 0 spiro atoms. The molecule has 5 nitrogen and oxygen atoms in total. The zero-order valence-electron chi connectivity index (χ0n) is 15.4. The number of nitrogens with zero attached hydrogens (tertiary/aromatic N) is 5. The summed E-state index contributed by atoms with van der Waals surface area (Å²) in [5.74, 6) is 0. The molecule has 4 rings (SSSR count). The Kier molecular flexibility index (Phi) is 5.16. The van der Waals surface area contributed by atoms with Crippen LogP contribution in [0.4, 0.5) is 0 Å². The molecule has 0 amide bonds. The minimum atomic E-state index is -2.86. The Hall–Kier alpha value is 0.520. The van der Waals surface area contributed by atoms with Crippen LogP contribution in [-0.4, -0.2) is 96.1 Å². The molecular formula is C17H35ClN5P. The van der Waals surface area contributed by atoms with Gasteiger partial charge in [0.2, 0.25) is 0 Å². The van der Waals surface area contributed by atoms with Crippen LogP contribution in [0.5, 0.6) is 0 Å². The second kappa shape index (κ2) is 6.92. The number of halogens is 1. The van der Waals surface area contributed by atoms with Crippen LogP contribution in [-0.2, 0) is 0 Å². The second-order valence-electron chi connectivity index (χ2n) is 8.08. The molecule has 0 aliphatic carbocycles. The van der Waals surface area contributed by atoms with Crippen LogP contribution in [0, 0.1) is 0 Å². The molecule has 0 atom stereocenters. The maximum absolute atomic E-state index is 8.16. The maximum atomic E-state index is 8.16. The van der Waals surface area contributed by atoms with E-state index in [9.17, 15) is 0 Å². The SMILES string of the molecule is CN1CCN(P(Cl)(N2CCCC2)(N2CCCC2)N2CCCC2)CC1. The molecule has 0 aromatic rings. The van der Waals surface area contributed by atoms with Crippen molar-refractivity contribution in [3.63, 3.8) is 0 Å². The Balaban J connectivity index is 1.78. The van der Waals surface area contributed by atoms with Crippen LogP contribution in [0.25, 0.3) is 0 Å². The predicted molar refractivity (Wildman–Crippen MR) is 104 cm³/mol. The summed E-state index contributed by atoms with van der Waals surface area (Å²) < 4.78 is 11.1. The van der Waals surface area contributed by atoms with E-state index in [4.69, 9.17) is 11.2 Å². The van der Waals surface area contributed by atoms with E-state index < -0.39 is 6.56 Å². The molecule has 4 heterocycles. The number of likely N-dealkylation sites (N-methyl/N-ethyl adjacent to an activating group) is 1. The van der Waals surface area contributed by atoms with Crippen molar-refractivity contribution in [2.45, 2.75) is 38.5 Å². The summed E-state index contributed by atoms with van der Waals surface area (Å²) in [5.41, 5.74) is 0. The van der Waals surface area contributed by atoms with E-state index in [0.717, 1.165) is 26.2 Å². The molecule has 0 bridgehead atoms. The van der Waals surface area contributed by atoms with E-state index in [1.807, 2.05) is 0 Å². The van der Waals surface area contributed by atoms with Crippen LogP contribution in [0.2, 0.25) is 0 Å². The van der Waals surface area contributed by atoms with Gasteiger partial charge in [-0.1, -0.05) is 0 Å². The Bertz CT molecular complexity index is 395. The fourth-order valence-corrected chi connectivity index (χ4v) is 13.1. The first-order chi connectivity index (χ1) is 11.6. The molecule has 4 aliphatic heterocycles. The summed E-state index contributed by atoms with van der Waals surface area (Å²) in [7, 11) is 2.25. The molecule has 0 aromatic carbocycles. The summed E-state index contributed by atoms with van der Waals surface area (Å²) in [6.07, 6.45) is 7.92. The molecule has 0 radical (unpaired) electrons. The van der Waals surface area contributed by atoms with Gasteiger partial charge in [0.05, 0.1) is 0 Å². The van der Waals surface area contributed by atoms with E-state index in [1.165, 1.54) is 77.8 Å². The molecule has 140 valence electrons. The Morgan fingerprint density at radius 1 is 0.500 bits per heavy atom. The molecule has 0 saturated carbocycles. The molecule has 24 heavy (non-hydrogen) atoms. The van der Waals surface area contributed by atoms with Crippen molar-refractivity contribution < 1.29 is 0 Å². The van der Waals surface area contributed by atoms with Crippen LogP contribution < -0.4 is 0 Å². The summed E-state index contributed by atoms with van der Waals surface area (Å²) in [4.78, 5) is 2.46. The standard InChI is InChI=1S/C17H35ClN5P/c1-19-14-16-23(17-15-19)24(18,20-8-2-3-9-20,21-10-4-5-11-21)22-12-6-7-13-22/h2-17H2,1H3. The summed E-state index contributed by atoms with van der Waals surface area (Å²) in [6, 6.07) is 0. The second-order valence-corrected chi connectivity index (χ2v) is 13.8. The molecule has 4 saturated heterocycles. The normalized spacial score (nSPS) is 31.7. The average Bonchev–Trinajstić information content (AvgIpc) is 3.39. The van der Waals surface area contributed by atoms with E-state index in [-0.39, 0.29) is 0 Å². The first-order valence-corrected chi connectivity index (χ1v) is 13.0. The molecular weight excluding hydrogens is 341 g/mol. The molecule has 4 aliphatic rings. The van der Waals surface area contributed by atoms with Gasteiger partial charge >= 0.3 is 152 Å². The Labute approximate surface area is 152 Å². The van der Waals surface area contributed by atoms with Gasteiger partial charge in [0.25, 0.3) is 0 Å². The predicted octanol–water partition coefficient (Wildman–Crippen LogP) is 2.89. The van der Waals surface area contributed by atoms with Crippen molar-refractivity contribution in [3.8, 4) is 0 Å². The zero-order chi connectivity index (χ0) is 16.6. The zero-order valence-corrected chi connectivity index (χ0v) is 17.0. The van der Waals surface area contributed by atoms with Crippen molar-refractivity contribution in [1.29, 1.82) is 0 Å². The topological polar surface area (TPSA) is 16.2 Å². The van der Waals surface area contributed by atoms with Gasteiger partial charge in [-0.15, -0.1) is 0 Å². The summed E-state index contributed by atoms with van der Waals surface area (Å²) >= 11 is 8.16. The van der Waals surface area contributed by atoms with Crippen LogP contribution in [0.1, 0.15) is 38.5 Å². The summed E-state index contributed by atoms with van der Waals surface area (Å²) in [5, 5.41) is 0. The minimum absolute atomic E-state index is 1.13. The fraction of sp³-hybridized carbons (Fsp3) is 1.00. The molecule has 0 N–H and O–H groups in total. The van der Waals surface area contributed by atoms with E-state index in [2.05, 4.69) is 30.6 Å². The molecule has 0 aromatic heterocycles. The van der Waals surface area contributed by atoms with Crippen molar-refractivity contribution >= 4 is 17.8 Å². The van der Waals surface area contributed by atoms with Gasteiger partial charge in [0, 0.05) is 0 Å². The van der Waals surface area contributed by atoms with E-state index in [1.54, 1.807) is 0 Å². The van der Waals surface area contributed by atoms with Gasteiger partial charge in [-0.2, -0.15) is 0 Å². The van der Waals surface area contributed by atoms with E-state index in [0.29, 0.717) is 0 Å². The fourth-order valence-electron chi connectivity index (χ4n) is 5.35. The van der Waals surface area contributed by atoms with Crippen molar-refractivity contribution in [2.24, 2.45) is 0 Å². The third-order valence-corrected chi connectivity index (χ3v) is 14.7. The van der Waals surface area contributed by atoms with Crippen molar-refractivity contribution in [2.75, 3.05) is 72.5 Å². The van der Waals surface area contributed by atoms with Gasteiger partial charge in [-0.05, 0) is 0 Å². The average molecular weight is 376 g/mol. The molecule has 0 unspecified atom stereocenters. The first kappa shape index (κ1) is 17.9. The monoisotopic (exact) mass is 375 g/mol. The quantitative estimate of drug-likeness (QED) is 0.700. The Morgan fingerprint density at radius 2 is 0.792 bits per heavy atom. The third-order valence-electron chi connectivity index (χ3n) is 6.67. The number of piperazine rings is 1. The summed E-state index contributed by atoms with van der Waals surface area (Å²) in [6.45, 7) is 8.87. The van der Waals surface area contributed by atoms with Gasteiger partial charge < -0.3 is 0 Å². The number of rotatable bonds is 4. The van der Waals surface area contributed by atoms with Gasteiger partial charge in [-0.25, -0.2) is 0 Å². The van der Waals surface area contributed by atoms with Crippen LogP contribution in [0.15, 0.2) is 0 Å². The Morgan fingerprint density at radius 3 is 1.12 bits per heavy atom.